The number of anilines is 1. The highest BCUT2D eigenvalue weighted by Gasteiger charge is 2.14. The summed E-state index contributed by atoms with van der Waals surface area (Å²) >= 11 is 0. The average Bonchev–Trinajstić information content (AvgIpc) is 2.44. The molecule has 0 saturated heterocycles. The Bertz CT molecular complexity index is 449. The van der Waals surface area contributed by atoms with E-state index in [0.717, 1.165) is 0 Å². The third kappa shape index (κ3) is 4.59. The standard InChI is InChI=1S/C13H19N3O3/c1-9(15-8-12(17)14-2)13(18)16-10-6-4-5-7-11(10)19-3/h4-7,9,15H,8H2,1-3H3,(H,14,17)(H,16,18)/t9-/m1/s1. The van der Waals surface area contributed by atoms with Gasteiger partial charge < -0.3 is 15.4 Å². The Morgan fingerprint density at radius 3 is 2.63 bits per heavy atom. The molecule has 1 aromatic rings. The van der Waals surface area contributed by atoms with Gasteiger partial charge in [0.05, 0.1) is 25.4 Å². The Balaban J connectivity index is 2.56. The second-order valence-electron chi connectivity index (χ2n) is 3.97. The van der Waals surface area contributed by atoms with Crippen molar-refractivity contribution in [1.82, 2.24) is 10.6 Å². The zero-order valence-electron chi connectivity index (χ0n) is 11.3. The smallest absolute Gasteiger partial charge is 0.241 e. The van der Waals surface area contributed by atoms with Crippen molar-refractivity contribution in [1.29, 1.82) is 0 Å². The van der Waals surface area contributed by atoms with Crippen LogP contribution in [0.25, 0.3) is 0 Å². The van der Waals surface area contributed by atoms with E-state index >= 15 is 0 Å². The summed E-state index contributed by atoms with van der Waals surface area (Å²) in [6, 6.07) is 6.66. The molecule has 6 heteroatoms. The fraction of sp³-hybridized carbons (Fsp3) is 0.385. The highest BCUT2D eigenvalue weighted by Crippen LogP contribution is 2.22. The molecule has 104 valence electrons. The number of amides is 2. The fourth-order valence-corrected chi connectivity index (χ4v) is 1.42. The second-order valence-corrected chi connectivity index (χ2v) is 3.97. The summed E-state index contributed by atoms with van der Waals surface area (Å²) in [6.45, 7) is 1.78. The maximum absolute atomic E-state index is 11.9. The van der Waals surface area contributed by atoms with Crippen molar-refractivity contribution in [2.24, 2.45) is 0 Å². The van der Waals surface area contributed by atoms with Gasteiger partial charge in [-0.05, 0) is 19.1 Å². The molecule has 1 aromatic carbocycles. The van der Waals surface area contributed by atoms with Crippen molar-refractivity contribution in [3.05, 3.63) is 24.3 Å². The van der Waals surface area contributed by atoms with E-state index < -0.39 is 6.04 Å². The van der Waals surface area contributed by atoms with Crippen LogP contribution < -0.4 is 20.7 Å². The van der Waals surface area contributed by atoms with E-state index in [1.807, 2.05) is 6.07 Å². The number of benzene rings is 1. The maximum atomic E-state index is 11.9. The van der Waals surface area contributed by atoms with Gasteiger partial charge >= 0.3 is 0 Å². The molecular formula is C13H19N3O3. The monoisotopic (exact) mass is 265 g/mol. The van der Waals surface area contributed by atoms with Gasteiger partial charge in [0.2, 0.25) is 11.8 Å². The number of methoxy groups -OCH3 is 1. The molecule has 0 saturated carbocycles. The Labute approximate surface area is 112 Å². The van der Waals surface area contributed by atoms with Crippen molar-refractivity contribution in [3.8, 4) is 5.75 Å². The molecular weight excluding hydrogens is 246 g/mol. The van der Waals surface area contributed by atoms with Crippen LogP contribution in [0.1, 0.15) is 6.92 Å². The predicted octanol–water partition coefficient (Wildman–Crippen LogP) is 0.358. The summed E-state index contributed by atoms with van der Waals surface area (Å²) in [4.78, 5) is 23.0. The lowest BCUT2D eigenvalue weighted by Gasteiger charge is -2.15. The second kappa shape index (κ2) is 7.38. The van der Waals surface area contributed by atoms with Crippen LogP contribution in [0, 0.1) is 0 Å². The number of likely N-dealkylation sites (N-methyl/N-ethyl adjacent to an activating group) is 1. The molecule has 0 unspecified atom stereocenters. The molecule has 6 nitrogen and oxygen atoms in total. The Hall–Kier alpha value is -2.08. The highest BCUT2D eigenvalue weighted by molar-refractivity contribution is 5.96. The van der Waals surface area contributed by atoms with E-state index in [0.29, 0.717) is 11.4 Å². The third-order valence-corrected chi connectivity index (χ3v) is 2.61. The van der Waals surface area contributed by atoms with Gasteiger partial charge in [-0.2, -0.15) is 0 Å². The van der Waals surface area contributed by atoms with Gasteiger partial charge in [0, 0.05) is 7.05 Å². The van der Waals surface area contributed by atoms with Gasteiger partial charge in [-0.25, -0.2) is 0 Å². The van der Waals surface area contributed by atoms with Crippen LogP contribution in [-0.4, -0.2) is 38.6 Å². The van der Waals surface area contributed by atoms with E-state index in [9.17, 15) is 9.59 Å². The summed E-state index contributed by atoms with van der Waals surface area (Å²) in [5, 5.41) is 8.04. The molecule has 1 atom stereocenters. The number of hydrogen-bond acceptors (Lipinski definition) is 4. The number of ether oxygens (including phenoxy) is 1. The molecule has 3 N–H and O–H groups in total. The van der Waals surface area contributed by atoms with E-state index in [1.165, 1.54) is 7.11 Å². The molecule has 0 fully saturated rings. The molecule has 2 amide bonds. The summed E-state index contributed by atoms with van der Waals surface area (Å²) in [5.74, 6) is 0.194. The van der Waals surface area contributed by atoms with Gasteiger partial charge in [-0.1, -0.05) is 12.1 Å². The quantitative estimate of drug-likeness (QED) is 0.694. The number of carbonyl (C=O) groups excluding carboxylic acids is 2. The van der Waals surface area contributed by atoms with Crippen molar-refractivity contribution in [2.75, 3.05) is 26.0 Å². The van der Waals surface area contributed by atoms with Gasteiger partial charge in [0.15, 0.2) is 0 Å². The summed E-state index contributed by atoms with van der Waals surface area (Å²) in [5.41, 5.74) is 0.601. The Morgan fingerprint density at radius 1 is 1.32 bits per heavy atom. The van der Waals surface area contributed by atoms with Crippen molar-refractivity contribution < 1.29 is 14.3 Å². The first-order valence-electron chi connectivity index (χ1n) is 5.96. The zero-order chi connectivity index (χ0) is 14.3. The topological polar surface area (TPSA) is 79.5 Å². The molecule has 1 rings (SSSR count). The van der Waals surface area contributed by atoms with E-state index in [1.54, 1.807) is 32.2 Å². The van der Waals surface area contributed by atoms with Gasteiger partial charge in [-0.15, -0.1) is 0 Å². The van der Waals surface area contributed by atoms with Gasteiger partial charge in [0.25, 0.3) is 0 Å². The van der Waals surface area contributed by atoms with Crippen LogP contribution in [0.5, 0.6) is 5.75 Å². The number of carbonyl (C=O) groups is 2. The normalized spacial score (nSPS) is 11.5. The van der Waals surface area contributed by atoms with Crippen molar-refractivity contribution in [3.63, 3.8) is 0 Å². The highest BCUT2D eigenvalue weighted by atomic mass is 16.5. The fourth-order valence-electron chi connectivity index (χ4n) is 1.42. The minimum atomic E-state index is -0.484. The largest absolute Gasteiger partial charge is 0.495 e. The van der Waals surface area contributed by atoms with Crippen molar-refractivity contribution >= 4 is 17.5 Å². The van der Waals surface area contributed by atoms with Crippen molar-refractivity contribution in [2.45, 2.75) is 13.0 Å². The van der Waals surface area contributed by atoms with Crippen LogP contribution >= 0.6 is 0 Å². The van der Waals surface area contributed by atoms with Crippen LogP contribution in [0.2, 0.25) is 0 Å². The lowest BCUT2D eigenvalue weighted by atomic mass is 10.2. The van der Waals surface area contributed by atoms with Crippen LogP contribution in [0.3, 0.4) is 0 Å². The first kappa shape index (κ1) is 15.0. The van der Waals surface area contributed by atoms with E-state index in [-0.39, 0.29) is 18.4 Å². The Morgan fingerprint density at radius 2 is 2.00 bits per heavy atom. The Kier molecular flexibility index (Phi) is 5.81. The summed E-state index contributed by atoms with van der Waals surface area (Å²) < 4.78 is 5.14. The predicted molar refractivity (Wildman–Crippen MR) is 73.2 cm³/mol. The summed E-state index contributed by atoms with van der Waals surface area (Å²) in [6.07, 6.45) is 0. The first-order valence-corrected chi connectivity index (χ1v) is 5.96. The van der Waals surface area contributed by atoms with E-state index in [4.69, 9.17) is 4.74 Å². The molecule has 0 aromatic heterocycles. The van der Waals surface area contributed by atoms with Crippen LogP contribution in [-0.2, 0) is 9.59 Å². The molecule has 0 radical (unpaired) electrons. The molecule has 0 spiro atoms. The molecule has 19 heavy (non-hydrogen) atoms. The number of nitrogens with one attached hydrogen (secondary N) is 3. The van der Waals surface area contributed by atoms with Gasteiger partial charge in [0.1, 0.15) is 5.75 Å². The molecule has 0 aliphatic heterocycles. The maximum Gasteiger partial charge on any atom is 0.241 e. The first-order chi connectivity index (χ1) is 9.08. The number of rotatable bonds is 6. The molecule has 0 bridgehead atoms. The summed E-state index contributed by atoms with van der Waals surface area (Å²) in [7, 11) is 3.09. The minimum Gasteiger partial charge on any atom is -0.495 e. The van der Waals surface area contributed by atoms with Crippen LogP contribution in [0.4, 0.5) is 5.69 Å². The molecule has 0 aliphatic carbocycles. The molecule has 0 heterocycles. The minimum absolute atomic E-state index is 0.0943. The number of para-hydroxylation sites is 2. The SMILES string of the molecule is CNC(=O)CN[C@H](C)C(=O)Nc1ccccc1OC. The van der Waals surface area contributed by atoms with E-state index in [2.05, 4.69) is 16.0 Å². The van der Waals surface area contributed by atoms with Crippen LogP contribution in [0.15, 0.2) is 24.3 Å². The molecule has 0 aliphatic rings. The van der Waals surface area contributed by atoms with Gasteiger partial charge in [-0.3, -0.25) is 14.9 Å². The number of hydrogen-bond donors (Lipinski definition) is 3. The average molecular weight is 265 g/mol. The third-order valence-electron chi connectivity index (χ3n) is 2.61. The lowest BCUT2D eigenvalue weighted by Crippen LogP contribution is -2.42. The lowest BCUT2D eigenvalue weighted by molar-refractivity contribution is -0.120. The zero-order valence-corrected chi connectivity index (χ0v) is 11.3.